The lowest BCUT2D eigenvalue weighted by atomic mass is 10.2. The highest BCUT2D eigenvalue weighted by Crippen LogP contribution is 2.28. The smallest absolute Gasteiger partial charge is 0.419 e. The number of hydrogen-bond acceptors (Lipinski definition) is 9. The fraction of sp³-hybridized carbons (Fsp3) is 0.647. The molecule has 0 radical (unpaired) electrons. The van der Waals surface area contributed by atoms with Crippen molar-refractivity contribution in [2.24, 2.45) is 0 Å². The van der Waals surface area contributed by atoms with Crippen LogP contribution in [0.25, 0.3) is 0 Å². The van der Waals surface area contributed by atoms with E-state index in [0.29, 0.717) is 12.4 Å². The molecule has 2 saturated heterocycles. The molecule has 0 aliphatic carbocycles. The molecule has 1 aromatic heterocycles. The predicted octanol–water partition coefficient (Wildman–Crippen LogP) is 0.677. The molecular weight excluding hydrogens is 459 g/mol. The van der Waals surface area contributed by atoms with Gasteiger partial charge in [0, 0.05) is 38.6 Å². The van der Waals surface area contributed by atoms with Gasteiger partial charge in [0.2, 0.25) is 5.95 Å². The molecule has 0 saturated carbocycles. The van der Waals surface area contributed by atoms with Crippen LogP contribution in [0.1, 0.15) is 19.4 Å². The summed E-state index contributed by atoms with van der Waals surface area (Å²) in [6.45, 7) is 3.75. The van der Waals surface area contributed by atoms with E-state index >= 15 is 0 Å². The van der Waals surface area contributed by atoms with E-state index in [1.807, 2.05) is 0 Å². The Morgan fingerprint density at radius 1 is 1.22 bits per heavy atom. The summed E-state index contributed by atoms with van der Waals surface area (Å²) in [4.78, 5) is 36.1. The van der Waals surface area contributed by atoms with E-state index in [0.717, 1.165) is 4.90 Å². The van der Waals surface area contributed by atoms with Gasteiger partial charge in [-0.05, 0) is 13.8 Å². The Morgan fingerprint density at radius 2 is 1.81 bits per heavy atom. The van der Waals surface area contributed by atoms with Gasteiger partial charge in [-0.15, -0.1) is 0 Å². The van der Waals surface area contributed by atoms with Gasteiger partial charge in [0.15, 0.2) is 12.0 Å². The van der Waals surface area contributed by atoms with Gasteiger partial charge in [0.05, 0.1) is 18.2 Å². The normalized spacial score (nSPS) is 20.1. The van der Waals surface area contributed by atoms with Gasteiger partial charge in [0.1, 0.15) is 0 Å². The van der Waals surface area contributed by atoms with Crippen molar-refractivity contribution in [1.29, 1.82) is 0 Å². The summed E-state index contributed by atoms with van der Waals surface area (Å²) in [7, 11) is -4.01. The Bertz CT molecular complexity index is 948. The number of alkyl halides is 3. The van der Waals surface area contributed by atoms with Crippen LogP contribution >= 0.6 is 0 Å². The zero-order valence-electron chi connectivity index (χ0n) is 17.3. The maximum absolute atomic E-state index is 12.7. The molecule has 0 bridgehead atoms. The third-order valence-corrected chi connectivity index (χ3v) is 5.96. The van der Waals surface area contributed by atoms with Crippen LogP contribution in [0.2, 0.25) is 0 Å². The van der Waals surface area contributed by atoms with Crippen LogP contribution in [0, 0.1) is 0 Å². The number of anilines is 1. The molecule has 1 aromatic rings. The minimum atomic E-state index is -4.53. The van der Waals surface area contributed by atoms with E-state index in [1.165, 1.54) is 18.7 Å². The molecule has 11 nitrogen and oxygen atoms in total. The predicted molar refractivity (Wildman–Crippen MR) is 103 cm³/mol. The number of carbonyl (C=O) groups excluding carboxylic acids is 2. The van der Waals surface area contributed by atoms with Crippen molar-refractivity contribution >= 4 is 28.1 Å². The number of cyclic esters (lactones) is 1. The van der Waals surface area contributed by atoms with Crippen LogP contribution in [0.15, 0.2) is 12.4 Å². The lowest BCUT2D eigenvalue weighted by Gasteiger charge is -2.35. The van der Waals surface area contributed by atoms with Crippen LogP contribution in [0.3, 0.4) is 0 Å². The highest BCUT2D eigenvalue weighted by molar-refractivity contribution is 7.86. The summed E-state index contributed by atoms with van der Waals surface area (Å²) in [5.74, 6) is -1.11. The van der Waals surface area contributed by atoms with E-state index in [1.54, 1.807) is 4.90 Å². The fourth-order valence-corrected chi connectivity index (χ4v) is 4.46. The van der Waals surface area contributed by atoms with E-state index in [2.05, 4.69) is 9.97 Å². The topological polar surface area (TPSA) is 122 Å². The third kappa shape index (κ3) is 5.76. The Balaban J connectivity index is 1.54. The number of ether oxygens (including phenoxy) is 1. The van der Waals surface area contributed by atoms with Crippen molar-refractivity contribution in [3.8, 4) is 0 Å². The van der Waals surface area contributed by atoms with Crippen molar-refractivity contribution in [1.82, 2.24) is 19.8 Å². The SMILES string of the molecule is CC(C)OS(=O)(=O)CN1CC(C(=O)N2CCN(c3ncc(C(F)(F)F)cn3)CC2)OC1=O. The number of carbonyl (C=O) groups is 2. The minimum Gasteiger partial charge on any atom is -0.434 e. The summed E-state index contributed by atoms with van der Waals surface area (Å²) in [5.41, 5.74) is -0.955. The van der Waals surface area contributed by atoms with Gasteiger partial charge in [0.25, 0.3) is 16.0 Å². The maximum Gasteiger partial charge on any atom is 0.419 e. The van der Waals surface area contributed by atoms with Crippen LogP contribution < -0.4 is 4.90 Å². The average molecular weight is 481 g/mol. The first-order chi connectivity index (χ1) is 14.9. The van der Waals surface area contributed by atoms with Crippen molar-refractivity contribution in [2.45, 2.75) is 32.2 Å². The van der Waals surface area contributed by atoms with Gasteiger partial charge >= 0.3 is 12.3 Å². The summed E-state index contributed by atoms with van der Waals surface area (Å²) in [6.07, 6.45) is -5.83. The molecule has 0 spiro atoms. The molecule has 3 rings (SSSR count). The fourth-order valence-electron chi connectivity index (χ4n) is 3.22. The molecule has 2 amide bonds. The van der Waals surface area contributed by atoms with Crippen LogP contribution in [0.4, 0.5) is 23.9 Å². The highest BCUT2D eigenvalue weighted by Gasteiger charge is 2.41. The number of hydrogen-bond donors (Lipinski definition) is 0. The molecular formula is C17H22F3N5O6S. The second kappa shape index (κ2) is 9.05. The van der Waals surface area contributed by atoms with Gasteiger partial charge in [-0.25, -0.2) is 14.8 Å². The zero-order valence-corrected chi connectivity index (χ0v) is 18.1. The van der Waals surface area contributed by atoms with Gasteiger partial charge < -0.3 is 14.5 Å². The summed E-state index contributed by atoms with van der Waals surface area (Å²) in [5, 5.41) is 0. The number of amides is 2. The molecule has 2 aliphatic rings. The van der Waals surface area contributed by atoms with Gasteiger partial charge in [-0.3, -0.25) is 13.9 Å². The summed E-state index contributed by atoms with van der Waals surface area (Å²) < 4.78 is 71.6. The van der Waals surface area contributed by atoms with E-state index < -0.39 is 51.9 Å². The number of aromatic nitrogens is 2. The molecule has 0 N–H and O–H groups in total. The minimum absolute atomic E-state index is 0.110. The zero-order chi connectivity index (χ0) is 23.7. The first kappa shape index (κ1) is 24.0. The van der Waals surface area contributed by atoms with E-state index in [-0.39, 0.29) is 38.7 Å². The molecule has 32 heavy (non-hydrogen) atoms. The lowest BCUT2D eigenvalue weighted by molar-refractivity contribution is -0.139. The first-order valence-electron chi connectivity index (χ1n) is 9.65. The number of piperazine rings is 1. The molecule has 2 fully saturated rings. The van der Waals surface area contributed by atoms with E-state index in [9.17, 15) is 31.2 Å². The highest BCUT2D eigenvalue weighted by atomic mass is 32.2. The Hall–Kier alpha value is -2.68. The number of halogens is 3. The van der Waals surface area contributed by atoms with Crippen LogP contribution in [-0.2, 0) is 30.0 Å². The van der Waals surface area contributed by atoms with Crippen LogP contribution in [0.5, 0.6) is 0 Å². The summed E-state index contributed by atoms with van der Waals surface area (Å²) in [6, 6.07) is 0. The molecule has 1 atom stereocenters. The lowest BCUT2D eigenvalue weighted by Crippen LogP contribution is -2.52. The molecule has 3 heterocycles. The monoisotopic (exact) mass is 481 g/mol. The average Bonchev–Trinajstić information content (AvgIpc) is 3.05. The van der Waals surface area contributed by atoms with Crippen molar-refractivity contribution in [2.75, 3.05) is 43.5 Å². The molecule has 178 valence electrons. The molecule has 1 unspecified atom stereocenters. The largest absolute Gasteiger partial charge is 0.434 e. The quantitative estimate of drug-likeness (QED) is 0.540. The Kier molecular flexibility index (Phi) is 6.78. The van der Waals surface area contributed by atoms with Crippen LogP contribution in [-0.4, -0.2) is 91.0 Å². The molecule has 15 heteroatoms. The molecule has 2 aliphatic heterocycles. The van der Waals surface area contributed by atoms with Crippen molar-refractivity contribution in [3.63, 3.8) is 0 Å². The maximum atomic E-state index is 12.7. The van der Waals surface area contributed by atoms with Gasteiger partial charge in [-0.1, -0.05) is 0 Å². The van der Waals surface area contributed by atoms with Gasteiger partial charge in [-0.2, -0.15) is 21.6 Å². The first-order valence-corrected chi connectivity index (χ1v) is 11.2. The Morgan fingerprint density at radius 3 is 2.34 bits per heavy atom. The standard InChI is InChI=1S/C17H22F3N5O6S/c1-11(2)31-32(28,29)10-25-9-13(30-16(25)27)14(26)23-3-5-24(6-4-23)15-21-7-12(8-22-15)17(18,19)20/h7-8,11,13H,3-6,9-10H2,1-2H3. The number of rotatable bonds is 6. The second-order valence-corrected chi connectivity index (χ2v) is 9.07. The number of nitrogens with zero attached hydrogens (tertiary/aromatic N) is 5. The Labute approximate surface area is 182 Å². The summed E-state index contributed by atoms with van der Waals surface area (Å²) >= 11 is 0. The molecule has 0 aromatic carbocycles. The second-order valence-electron chi connectivity index (χ2n) is 7.51. The van der Waals surface area contributed by atoms with Crippen molar-refractivity contribution < 1.29 is 40.1 Å². The third-order valence-electron chi connectivity index (χ3n) is 4.66. The van der Waals surface area contributed by atoms with E-state index in [4.69, 9.17) is 8.92 Å². The van der Waals surface area contributed by atoms with Crippen molar-refractivity contribution in [3.05, 3.63) is 18.0 Å².